The van der Waals surface area contributed by atoms with Gasteiger partial charge in [0.1, 0.15) is 12.7 Å². The van der Waals surface area contributed by atoms with E-state index in [1.165, 1.54) is 6.33 Å². The molecule has 2 aromatic heterocycles. The molecule has 0 spiro atoms. The summed E-state index contributed by atoms with van der Waals surface area (Å²) in [6.07, 6.45) is 4.04. The van der Waals surface area contributed by atoms with Gasteiger partial charge in [-0.15, -0.1) is 0 Å². The van der Waals surface area contributed by atoms with Crippen LogP contribution in [0, 0.1) is 0 Å². The molecule has 1 unspecified atom stereocenters. The Morgan fingerprint density at radius 2 is 1.93 bits per heavy atom. The van der Waals surface area contributed by atoms with E-state index in [4.69, 9.17) is 4.42 Å². The number of rotatable bonds is 7. The van der Waals surface area contributed by atoms with Crippen molar-refractivity contribution in [3.05, 3.63) is 77.3 Å². The van der Waals surface area contributed by atoms with Crippen molar-refractivity contribution in [1.82, 2.24) is 24.2 Å². The maximum Gasteiger partial charge on any atom is 0.419 e. The minimum atomic E-state index is -0.391. The fourth-order valence-electron chi connectivity index (χ4n) is 3.48. The van der Waals surface area contributed by atoms with Crippen molar-refractivity contribution in [2.75, 3.05) is 7.05 Å². The number of nitrogens with zero attached hydrogens (tertiary/aromatic N) is 5. The zero-order valence-corrected chi connectivity index (χ0v) is 16.9. The Balaban J connectivity index is 1.36. The Kier molecular flexibility index (Phi) is 5.47. The highest BCUT2D eigenvalue weighted by Gasteiger charge is 2.18. The lowest BCUT2D eigenvalue weighted by atomic mass is 10.1. The molecular formula is C22H23N5O3. The Morgan fingerprint density at radius 3 is 2.67 bits per heavy atom. The molecule has 0 aliphatic carbocycles. The molecule has 0 saturated carbocycles. The van der Waals surface area contributed by atoms with E-state index >= 15 is 0 Å². The lowest BCUT2D eigenvalue weighted by Crippen LogP contribution is -2.29. The number of carbonyl (C=O) groups is 1. The Labute approximate surface area is 173 Å². The lowest BCUT2D eigenvalue weighted by Gasteiger charge is -2.25. The first-order valence-electron chi connectivity index (χ1n) is 9.83. The second-order valence-electron chi connectivity index (χ2n) is 7.20. The van der Waals surface area contributed by atoms with Crippen LogP contribution in [0.3, 0.4) is 0 Å². The number of fused-ring (bicyclic) bond motifs is 1. The molecule has 0 saturated heterocycles. The molecule has 8 heteroatoms. The molecule has 2 aromatic carbocycles. The molecule has 0 aliphatic rings. The van der Waals surface area contributed by atoms with Crippen molar-refractivity contribution in [2.24, 2.45) is 0 Å². The van der Waals surface area contributed by atoms with Crippen LogP contribution in [0.5, 0.6) is 0 Å². The van der Waals surface area contributed by atoms with Crippen LogP contribution in [0.15, 0.2) is 70.4 Å². The van der Waals surface area contributed by atoms with Gasteiger partial charge in [0.2, 0.25) is 5.91 Å². The molecule has 0 N–H and O–H groups in total. The molecule has 1 atom stereocenters. The van der Waals surface area contributed by atoms with Crippen LogP contribution >= 0.6 is 0 Å². The molecule has 0 fully saturated rings. The summed E-state index contributed by atoms with van der Waals surface area (Å²) in [4.78, 5) is 30.4. The molecule has 154 valence electrons. The van der Waals surface area contributed by atoms with Gasteiger partial charge in [-0.3, -0.25) is 9.36 Å². The van der Waals surface area contributed by atoms with Gasteiger partial charge < -0.3 is 9.32 Å². The molecule has 2 heterocycles. The van der Waals surface area contributed by atoms with Crippen molar-refractivity contribution in [2.45, 2.75) is 32.4 Å². The molecule has 1 amide bonds. The monoisotopic (exact) mass is 405 g/mol. The van der Waals surface area contributed by atoms with Crippen LogP contribution in [0.2, 0.25) is 0 Å². The van der Waals surface area contributed by atoms with Crippen LogP contribution in [-0.4, -0.2) is 37.2 Å². The number of aryl methyl sites for hydroxylation is 1. The van der Waals surface area contributed by atoms with Crippen molar-refractivity contribution >= 4 is 17.0 Å². The predicted molar refractivity (Wildman–Crippen MR) is 112 cm³/mol. The normalized spacial score (nSPS) is 12.2. The molecule has 0 aliphatic heterocycles. The molecular weight excluding hydrogens is 382 g/mol. The zero-order valence-electron chi connectivity index (χ0n) is 16.9. The van der Waals surface area contributed by atoms with Gasteiger partial charge in [0.15, 0.2) is 5.58 Å². The molecule has 30 heavy (non-hydrogen) atoms. The van der Waals surface area contributed by atoms with Crippen molar-refractivity contribution < 1.29 is 9.21 Å². The summed E-state index contributed by atoms with van der Waals surface area (Å²) in [5.41, 5.74) is 3.26. The maximum absolute atomic E-state index is 12.7. The molecule has 4 rings (SSSR count). The fraction of sp³-hybridized carbons (Fsp3) is 0.273. The van der Waals surface area contributed by atoms with E-state index in [1.807, 2.05) is 49.4 Å². The highest BCUT2D eigenvalue weighted by Crippen LogP contribution is 2.21. The number of aromatic nitrogens is 4. The first-order valence-corrected chi connectivity index (χ1v) is 9.83. The lowest BCUT2D eigenvalue weighted by molar-refractivity contribution is -0.131. The quantitative estimate of drug-likeness (QED) is 0.471. The van der Waals surface area contributed by atoms with Crippen LogP contribution in [0.1, 0.15) is 31.4 Å². The summed E-state index contributed by atoms with van der Waals surface area (Å²) in [5, 5.41) is 4.11. The summed E-state index contributed by atoms with van der Waals surface area (Å²) in [6, 6.07) is 15.1. The van der Waals surface area contributed by atoms with E-state index in [0.717, 1.165) is 16.8 Å². The summed E-state index contributed by atoms with van der Waals surface area (Å²) in [7, 11) is 1.80. The third kappa shape index (κ3) is 3.89. The summed E-state index contributed by atoms with van der Waals surface area (Å²) < 4.78 is 8.50. The Bertz CT molecular complexity index is 1190. The summed E-state index contributed by atoms with van der Waals surface area (Å²) >= 11 is 0. The van der Waals surface area contributed by atoms with Gasteiger partial charge in [-0.05, 0) is 43.2 Å². The highest BCUT2D eigenvalue weighted by atomic mass is 16.4. The highest BCUT2D eigenvalue weighted by molar-refractivity contribution is 5.76. The van der Waals surface area contributed by atoms with Gasteiger partial charge >= 0.3 is 5.76 Å². The van der Waals surface area contributed by atoms with Crippen molar-refractivity contribution in [3.8, 4) is 5.69 Å². The van der Waals surface area contributed by atoms with E-state index in [-0.39, 0.29) is 11.9 Å². The second-order valence-corrected chi connectivity index (χ2v) is 7.20. The number of carbonyl (C=O) groups excluding carboxylic acids is 1. The van der Waals surface area contributed by atoms with Crippen LogP contribution in [-0.2, 0) is 11.3 Å². The van der Waals surface area contributed by atoms with E-state index in [1.54, 1.807) is 33.6 Å². The van der Waals surface area contributed by atoms with Crippen molar-refractivity contribution in [3.63, 3.8) is 0 Å². The molecule has 4 aromatic rings. The molecule has 0 bridgehead atoms. The van der Waals surface area contributed by atoms with Crippen LogP contribution in [0.25, 0.3) is 16.8 Å². The summed E-state index contributed by atoms with van der Waals surface area (Å²) in [6.45, 7) is 2.44. The predicted octanol–water partition coefficient (Wildman–Crippen LogP) is 3.18. The average molecular weight is 405 g/mol. The number of benzene rings is 2. The third-order valence-corrected chi connectivity index (χ3v) is 5.38. The Morgan fingerprint density at radius 1 is 1.17 bits per heavy atom. The van der Waals surface area contributed by atoms with Crippen molar-refractivity contribution in [1.29, 1.82) is 0 Å². The smallest absolute Gasteiger partial charge is 0.408 e. The van der Waals surface area contributed by atoms with Gasteiger partial charge in [0, 0.05) is 20.0 Å². The number of amides is 1. The number of para-hydroxylation sites is 2. The fourth-order valence-corrected chi connectivity index (χ4v) is 3.48. The number of hydrogen-bond donors (Lipinski definition) is 0. The first-order chi connectivity index (χ1) is 14.5. The third-order valence-electron chi connectivity index (χ3n) is 5.38. The zero-order chi connectivity index (χ0) is 21.1. The number of oxazole rings is 1. The Hall–Kier alpha value is -3.68. The second kappa shape index (κ2) is 8.36. The first kappa shape index (κ1) is 19.6. The minimum absolute atomic E-state index is 0.0312. The largest absolute Gasteiger partial charge is 0.419 e. The minimum Gasteiger partial charge on any atom is -0.408 e. The average Bonchev–Trinajstić information content (AvgIpc) is 3.41. The standard InChI is InChI=1S/C22H23N5O3/c1-16(17-9-11-18(12-10-17)27-15-23-14-24-27)25(2)21(28)8-5-13-26-19-6-3-4-7-20(19)30-22(26)29/h3-4,6-7,9-12,14-16H,5,8,13H2,1-2H3. The van der Waals surface area contributed by atoms with E-state index in [9.17, 15) is 9.59 Å². The molecule has 8 nitrogen and oxygen atoms in total. The van der Waals surface area contributed by atoms with Gasteiger partial charge in [-0.25, -0.2) is 14.5 Å². The number of hydrogen-bond acceptors (Lipinski definition) is 5. The summed E-state index contributed by atoms with van der Waals surface area (Å²) in [5.74, 6) is -0.360. The van der Waals surface area contributed by atoms with Gasteiger partial charge in [0.25, 0.3) is 0 Å². The van der Waals surface area contributed by atoms with E-state index in [0.29, 0.717) is 25.0 Å². The SMILES string of the molecule is CC(c1ccc(-n2cncn2)cc1)N(C)C(=O)CCCn1c(=O)oc2ccccc21. The van der Waals surface area contributed by atoms with Crippen LogP contribution < -0.4 is 5.76 Å². The van der Waals surface area contributed by atoms with Gasteiger partial charge in [-0.2, -0.15) is 5.10 Å². The van der Waals surface area contributed by atoms with E-state index < -0.39 is 5.76 Å². The maximum atomic E-state index is 12.7. The molecule has 0 radical (unpaired) electrons. The van der Waals surface area contributed by atoms with E-state index in [2.05, 4.69) is 10.1 Å². The van der Waals surface area contributed by atoms with Crippen LogP contribution in [0.4, 0.5) is 0 Å². The van der Waals surface area contributed by atoms with Gasteiger partial charge in [0.05, 0.1) is 17.2 Å². The van der Waals surface area contributed by atoms with Gasteiger partial charge in [-0.1, -0.05) is 24.3 Å². The topological polar surface area (TPSA) is 86.2 Å².